The van der Waals surface area contributed by atoms with Gasteiger partial charge in [0.05, 0.1) is 6.20 Å². The first kappa shape index (κ1) is 7.75. The first-order valence-corrected chi connectivity index (χ1v) is 3.91. The van der Waals surface area contributed by atoms with Gasteiger partial charge < -0.3 is 5.73 Å². The van der Waals surface area contributed by atoms with Gasteiger partial charge in [0.15, 0.2) is 0 Å². The predicted molar refractivity (Wildman–Crippen MR) is 43.7 cm³/mol. The molecule has 0 aliphatic heterocycles. The number of nitrogens with two attached hydrogens (primary N) is 1. The SMILES string of the molecule is Cn1ncc(CCN)c1Br. The highest BCUT2D eigenvalue weighted by Crippen LogP contribution is 2.14. The molecule has 1 aromatic rings. The first-order valence-electron chi connectivity index (χ1n) is 3.12. The van der Waals surface area contributed by atoms with Crippen LogP contribution in [0.25, 0.3) is 0 Å². The van der Waals surface area contributed by atoms with Crippen molar-refractivity contribution in [2.24, 2.45) is 12.8 Å². The van der Waals surface area contributed by atoms with Crippen LogP contribution >= 0.6 is 15.9 Å². The van der Waals surface area contributed by atoms with Crippen LogP contribution in [0.4, 0.5) is 0 Å². The van der Waals surface area contributed by atoms with Gasteiger partial charge in [-0.25, -0.2) is 0 Å². The Balaban J connectivity index is 2.83. The quantitative estimate of drug-likeness (QED) is 0.769. The van der Waals surface area contributed by atoms with Crippen molar-refractivity contribution in [1.29, 1.82) is 0 Å². The molecule has 0 aliphatic rings. The summed E-state index contributed by atoms with van der Waals surface area (Å²) in [6.45, 7) is 0.671. The third-order valence-corrected chi connectivity index (χ3v) is 2.37. The highest BCUT2D eigenvalue weighted by atomic mass is 79.9. The van der Waals surface area contributed by atoms with Crippen LogP contribution in [-0.2, 0) is 13.5 Å². The summed E-state index contributed by atoms with van der Waals surface area (Å²) < 4.78 is 2.81. The topological polar surface area (TPSA) is 43.8 Å². The minimum absolute atomic E-state index is 0.671. The Kier molecular flexibility index (Phi) is 2.45. The molecule has 2 N–H and O–H groups in total. The normalized spacial score (nSPS) is 10.3. The highest BCUT2D eigenvalue weighted by Gasteiger charge is 2.02. The zero-order valence-corrected chi connectivity index (χ0v) is 7.43. The lowest BCUT2D eigenvalue weighted by atomic mass is 10.3. The van der Waals surface area contributed by atoms with Crippen molar-refractivity contribution in [3.8, 4) is 0 Å². The zero-order valence-electron chi connectivity index (χ0n) is 5.84. The highest BCUT2D eigenvalue weighted by molar-refractivity contribution is 9.10. The van der Waals surface area contributed by atoms with E-state index in [2.05, 4.69) is 21.0 Å². The van der Waals surface area contributed by atoms with Gasteiger partial charge in [-0.2, -0.15) is 5.10 Å². The van der Waals surface area contributed by atoms with Crippen molar-refractivity contribution < 1.29 is 0 Å². The predicted octanol–water partition coefficient (Wildman–Crippen LogP) is 0.684. The van der Waals surface area contributed by atoms with Crippen LogP contribution in [-0.4, -0.2) is 16.3 Å². The monoisotopic (exact) mass is 203 g/mol. The summed E-state index contributed by atoms with van der Waals surface area (Å²) >= 11 is 3.40. The fourth-order valence-corrected chi connectivity index (χ4v) is 1.18. The van der Waals surface area contributed by atoms with Crippen LogP contribution in [0.2, 0.25) is 0 Å². The van der Waals surface area contributed by atoms with Gasteiger partial charge in [-0.3, -0.25) is 4.68 Å². The number of hydrogen-bond donors (Lipinski definition) is 1. The Labute approximate surface area is 68.3 Å². The van der Waals surface area contributed by atoms with Gasteiger partial charge in [0.1, 0.15) is 4.60 Å². The maximum absolute atomic E-state index is 5.38. The second-order valence-electron chi connectivity index (χ2n) is 2.12. The van der Waals surface area contributed by atoms with Crippen LogP contribution in [0.1, 0.15) is 5.56 Å². The molecule has 0 aliphatic carbocycles. The molecule has 0 unspecified atom stereocenters. The molecule has 0 bridgehead atoms. The molecule has 1 rings (SSSR count). The van der Waals surface area contributed by atoms with Crippen molar-refractivity contribution in [3.63, 3.8) is 0 Å². The van der Waals surface area contributed by atoms with E-state index in [1.807, 2.05) is 13.2 Å². The van der Waals surface area contributed by atoms with E-state index in [0.29, 0.717) is 6.54 Å². The molecule has 1 heterocycles. The van der Waals surface area contributed by atoms with E-state index < -0.39 is 0 Å². The first-order chi connectivity index (χ1) is 4.75. The summed E-state index contributed by atoms with van der Waals surface area (Å²) in [4.78, 5) is 0. The van der Waals surface area contributed by atoms with Gasteiger partial charge in [-0.05, 0) is 28.9 Å². The second-order valence-corrected chi connectivity index (χ2v) is 2.87. The van der Waals surface area contributed by atoms with Crippen LogP contribution in [0.3, 0.4) is 0 Å². The number of halogens is 1. The molecular weight excluding hydrogens is 194 g/mol. The number of aromatic nitrogens is 2. The van der Waals surface area contributed by atoms with E-state index in [9.17, 15) is 0 Å². The maximum atomic E-state index is 5.38. The molecule has 3 nitrogen and oxygen atoms in total. The molecule has 56 valence electrons. The fourth-order valence-electron chi connectivity index (χ4n) is 0.791. The van der Waals surface area contributed by atoms with E-state index in [1.165, 1.54) is 5.56 Å². The van der Waals surface area contributed by atoms with Crippen molar-refractivity contribution in [2.75, 3.05) is 6.54 Å². The summed E-state index contributed by atoms with van der Waals surface area (Å²) in [6, 6.07) is 0. The van der Waals surface area contributed by atoms with Crippen LogP contribution in [0.5, 0.6) is 0 Å². The Morgan fingerprint density at radius 3 is 2.90 bits per heavy atom. The standard InChI is InChI=1S/C6H10BrN3/c1-10-6(7)5(2-3-8)4-9-10/h4H,2-3,8H2,1H3. The second kappa shape index (κ2) is 3.16. The molecule has 0 aromatic carbocycles. The fraction of sp³-hybridized carbons (Fsp3) is 0.500. The maximum Gasteiger partial charge on any atom is 0.106 e. The van der Waals surface area contributed by atoms with Gasteiger partial charge in [0.2, 0.25) is 0 Å². The lowest BCUT2D eigenvalue weighted by Gasteiger charge is -1.94. The average molecular weight is 204 g/mol. The van der Waals surface area contributed by atoms with Crippen molar-refractivity contribution in [1.82, 2.24) is 9.78 Å². The van der Waals surface area contributed by atoms with E-state index in [1.54, 1.807) is 4.68 Å². The number of hydrogen-bond acceptors (Lipinski definition) is 2. The molecule has 0 fully saturated rings. The molecule has 0 saturated carbocycles. The summed E-state index contributed by atoms with van der Waals surface area (Å²) in [7, 11) is 1.89. The summed E-state index contributed by atoms with van der Waals surface area (Å²) in [5, 5.41) is 4.05. The van der Waals surface area contributed by atoms with E-state index in [-0.39, 0.29) is 0 Å². The minimum atomic E-state index is 0.671. The van der Waals surface area contributed by atoms with Crippen LogP contribution in [0, 0.1) is 0 Å². The van der Waals surface area contributed by atoms with Gasteiger partial charge in [0, 0.05) is 12.6 Å². The Morgan fingerprint density at radius 1 is 1.80 bits per heavy atom. The number of aryl methyl sites for hydroxylation is 1. The smallest absolute Gasteiger partial charge is 0.106 e. The molecule has 0 radical (unpaired) electrons. The summed E-state index contributed by atoms with van der Waals surface area (Å²) in [5.41, 5.74) is 6.55. The van der Waals surface area contributed by atoms with Gasteiger partial charge >= 0.3 is 0 Å². The van der Waals surface area contributed by atoms with E-state index >= 15 is 0 Å². The van der Waals surface area contributed by atoms with Gasteiger partial charge in [-0.15, -0.1) is 0 Å². The Morgan fingerprint density at radius 2 is 2.50 bits per heavy atom. The molecule has 4 heteroatoms. The lowest BCUT2D eigenvalue weighted by molar-refractivity contribution is 0.747. The largest absolute Gasteiger partial charge is 0.330 e. The Bertz CT molecular complexity index is 219. The number of nitrogens with zero attached hydrogens (tertiary/aromatic N) is 2. The summed E-state index contributed by atoms with van der Waals surface area (Å²) in [5.74, 6) is 0. The molecular formula is C6H10BrN3. The van der Waals surface area contributed by atoms with Crippen molar-refractivity contribution >= 4 is 15.9 Å². The third-order valence-electron chi connectivity index (χ3n) is 1.35. The minimum Gasteiger partial charge on any atom is -0.330 e. The van der Waals surface area contributed by atoms with Crippen molar-refractivity contribution in [3.05, 3.63) is 16.4 Å². The summed E-state index contributed by atoms with van der Waals surface area (Å²) in [6.07, 6.45) is 2.71. The molecule has 10 heavy (non-hydrogen) atoms. The van der Waals surface area contributed by atoms with Crippen LogP contribution in [0.15, 0.2) is 10.8 Å². The van der Waals surface area contributed by atoms with E-state index in [0.717, 1.165) is 11.0 Å². The van der Waals surface area contributed by atoms with Crippen LogP contribution < -0.4 is 5.73 Å². The van der Waals surface area contributed by atoms with Gasteiger partial charge in [-0.1, -0.05) is 0 Å². The molecule has 0 saturated heterocycles. The zero-order chi connectivity index (χ0) is 7.56. The number of rotatable bonds is 2. The third kappa shape index (κ3) is 1.38. The molecule has 0 spiro atoms. The van der Waals surface area contributed by atoms with E-state index in [4.69, 9.17) is 5.73 Å². The Hall–Kier alpha value is -0.350. The van der Waals surface area contributed by atoms with Crippen molar-refractivity contribution in [2.45, 2.75) is 6.42 Å². The molecule has 0 atom stereocenters. The average Bonchev–Trinajstić information content (AvgIpc) is 2.20. The van der Waals surface area contributed by atoms with Gasteiger partial charge in [0.25, 0.3) is 0 Å². The molecule has 1 aromatic heterocycles. The lowest BCUT2D eigenvalue weighted by Crippen LogP contribution is -2.02. The molecule has 0 amide bonds.